The number of carbonyl (C=O) groups is 1. The standard InChI is InChI=1S/C13H22BrNO2/c1-13(2,3)17-12(16)15-11(7-8-14)9-10-5-4-6-10/h7-8,10-11H,4-6,9H2,1-3H3,(H,15,16)/b8-7+. The van der Waals surface area contributed by atoms with Crippen molar-refractivity contribution >= 4 is 22.0 Å². The van der Waals surface area contributed by atoms with Crippen LogP contribution in [0.4, 0.5) is 4.79 Å². The van der Waals surface area contributed by atoms with Gasteiger partial charge >= 0.3 is 6.09 Å². The molecule has 0 radical (unpaired) electrons. The molecule has 1 fully saturated rings. The molecule has 1 N–H and O–H groups in total. The highest BCUT2D eigenvalue weighted by molar-refractivity contribution is 9.11. The SMILES string of the molecule is CC(C)(C)OC(=O)NC(/C=C/Br)CC1CCC1. The Morgan fingerprint density at radius 3 is 2.59 bits per heavy atom. The van der Waals surface area contributed by atoms with E-state index >= 15 is 0 Å². The summed E-state index contributed by atoms with van der Waals surface area (Å²) < 4.78 is 5.25. The number of nitrogens with one attached hydrogen (secondary N) is 1. The molecule has 1 aliphatic carbocycles. The van der Waals surface area contributed by atoms with Crippen LogP contribution in [0.5, 0.6) is 0 Å². The lowest BCUT2D eigenvalue weighted by atomic mass is 9.81. The topological polar surface area (TPSA) is 38.3 Å². The zero-order valence-corrected chi connectivity index (χ0v) is 12.4. The van der Waals surface area contributed by atoms with E-state index in [2.05, 4.69) is 21.2 Å². The molecular weight excluding hydrogens is 282 g/mol. The molecule has 17 heavy (non-hydrogen) atoms. The number of hydrogen-bond acceptors (Lipinski definition) is 2. The highest BCUT2D eigenvalue weighted by atomic mass is 79.9. The van der Waals surface area contributed by atoms with Crippen molar-refractivity contribution in [1.82, 2.24) is 5.32 Å². The summed E-state index contributed by atoms with van der Waals surface area (Å²) in [5.41, 5.74) is -0.441. The summed E-state index contributed by atoms with van der Waals surface area (Å²) in [5.74, 6) is 0.749. The Balaban J connectivity index is 2.39. The molecule has 1 saturated carbocycles. The summed E-state index contributed by atoms with van der Waals surface area (Å²) in [4.78, 5) is 13.4. The quantitative estimate of drug-likeness (QED) is 0.853. The van der Waals surface area contributed by atoms with Crippen LogP contribution < -0.4 is 5.32 Å². The van der Waals surface area contributed by atoms with Crippen molar-refractivity contribution in [1.29, 1.82) is 0 Å². The molecule has 98 valence electrons. The summed E-state index contributed by atoms with van der Waals surface area (Å²) in [5, 5.41) is 2.90. The Labute approximate surface area is 112 Å². The number of halogens is 1. The Hall–Kier alpha value is -0.510. The summed E-state index contributed by atoms with van der Waals surface area (Å²) in [6, 6.07) is 0.0644. The van der Waals surface area contributed by atoms with Crippen LogP contribution in [0.2, 0.25) is 0 Å². The zero-order valence-electron chi connectivity index (χ0n) is 10.8. The van der Waals surface area contributed by atoms with E-state index in [9.17, 15) is 4.79 Å². The van der Waals surface area contributed by atoms with Crippen molar-refractivity contribution < 1.29 is 9.53 Å². The first-order valence-electron chi connectivity index (χ1n) is 6.17. The van der Waals surface area contributed by atoms with E-state index < -0.39 is 5.60 Å². The highest BCUT2D eigenvalue weighted by Gasteiger charge is 2.23. The predicted octanol–water partition coefficient (Wildman–Crippen LogP) is 3.98. The minimum Gasteiger partial charge on any atom is -0.444 e. The highest BCUT2D eigenvalue weighted by Crippen LogP contribution is 2.30. The van der Waals surface area contributed by atoms with Crippen LogP contribution in [0.3, 0.4) is 0 Å². The van der Waals surface area contributed by atoms with Crippen LogP contribution in [0.1, 0.15) is 46.5 Å². The maximum Gasteiger partial charge on any atom is 0.408 e. The van der Waals surface area contributed by atoms with Crippen molar-refractivity contribution in [3.05, 3.63) is 11.1 Å². The summed E-state index contributed by atoms with van der Waals surface area (Å²) in [6.45, 7) is 5.61. The maximum absolute atomic E-state index is 11.6. The second kappa shape index (κ2) is 6.43. The van der Waals surface area contributed by atoms with Crippen molar-refractivity contribution in [3.8, 4) is 0 Å². The molecule has 0 bridgehead atoms. The fourth-order valence-corrected chi connectivity index (χ4v) is 2.19. The number of hydrogen-bond donors (Lipinski definition) is 1. The van der Waals surface area contributed by atoms with Gasteiger partial charge in [0, 0.05) is 0 Å². The van der Waals surface area contributed by atoms with Crippen LogP contribution in [0.25, 0.3) is 0 Å². The molecular formula is C13H22BrNO2. The lowest BCUT2D eigenvalue weighted by Gasteiger charge is -2.29. The molecule has 4 heteroatoms. The first kappa shape index (κ1) is 14.6. The largest absolute Gasteiger partial charge is 0.444 e. The van der Waals surface area contributed by atoms with Gasteiger partial charge in [-0.1, -0.05) is 41.3 Å². The number of ether oxygens (including phenoxy) is 1. The molecule has 1 aliphatic rings. The molecule has 0 heterocycles. The van der Waals surface area contributed by atoms with E-state index in [1.165, 1.54) is 19.3 Å². The molecule has 1 amide bonds. The van der Waals surface area contributed by atoms with E-state index in [1.807, 2.05) is 26.8 Å². The van der Waals surface area contributed by atoms with Gasteiger partial charge in [-0.05, 0) is 38.1 Å². The van der Waals surface area contributed by atoms with Crippen molar-refractivity contribution in [2.45, 2.75) is 58.1 Å². The lowest BCUT2D eigenvalue weighted by Crippen LogP contribution is -2.39. The molecule has 0 aromatic heterocycles. The molecule has 1 rings (SSSR count). The number of carbonyl (C=O) groups excluding carboxylic acids is 1. The number of amides is 1. The van der Waals surface area contributed by atoms with Gasteiger partial charge in [0.25, 0.3) is 0 Å². The Morgan fingerprint density at radius 1 is 1.53 bits per heavy atom. The molecule has 0 saturated heterocycles. The van der Waals surface area contributed by atoms with Crippen LogP contribution in [0, 0.1) is 5.92 Å². The molecule has 0 aromatic rings. The van der Waals surface area contributed by atoms with Gasteiger partial charge in [0.05, 0.1) is 6.04 Å². The van der Waals surface area contributed by atoms with E-state index in [0.717, 1.165) is 12.3 Å². The smallest absolute Gasteiger partial charge is 0.408 e. The first-order valence-corrected chi connectivity index (χ1v) is 7.08. The third-order valence-corrected chi connectivity index (χ3v) is 3.12. The van der Waals surface area contributed by atoms with Crippen molar-refractivity contribution in [2.75, 3.05) is 0 Å². The fraction of sp³-hybridized carbons (Fsp3) is 0.769. The van der Waals surface area contributed by atoms with Gasteiger partial charge in [0.1, 0.15) is 5.60 Å². The minimum absolute atomic E-state index is 0.0644. The predicted molar refractivity (Wildman–Crippen MR) is 73.2 cm³/mol. The average molecular weight is 304 g/mol. The normalized spacial score (nSPS) is 18.8. The Bertz CT molecular complexity index is 280. The summed E-state index contributed by atoms with van der Waals surface area (Å²) in [7, 11) is 0. The molecule has 0 aromatic carbocycles. The monoisotopic (exact) mass is 303 g/mol. The van der Waals surface area contributed by atoms with Gasteiger partial charge in [-0.15, -0.1) is 0 Å². The van der Waals surface area contributed by atoms with E-state index in [0.29, 0.717) is 0 Å². The molecule has 1 atom stereocenters. The molecule has 0 spiro atoms. The fourth-order valence-electron chi connectivity index (χ4n) is 1.82. The third kappa shape index (κ3) is 6.10. The third-order valence-electron chi connectivity index (χ3n) is 2.82. The van der Waals surface area contributed by atoms with Gasteiger partial charge in [0.2, 0.25) is 0 Å². The Morgan fingerprint density at radius 2 is 2.18 bits per heavy atom. The van der Waals surface area contributed by atoms with Gasteiger partial charge in [-0.3, -0.25) is 0 Å². The number of rotatable bonds is 4. The van der Waals surface area contributed by atoms with E-state index in [-0.39, 0.29) is 12.1 Å². The Kier molecular flexibility index (Phi) is 5.50. The molecule has 1 unspecified atom stereocenters. The zero-order chi connectivity index (χ0) is 12.9. The average Bonchev–Trinajstić information content (AvgIpc) is 2.08. The van der Waals surface area contributed by atoms with Crippen molar-refractivity contribution in [2.24, 2.45) is 5.92 Å². The van der Waals surface area contributed by atoms with Crippen LogP contribution in [0.15, 0.2) is 11.1 Å². The maximum atomic E-state index is 11.6. The van der Waals surface area contributed by atoms with Crippen molar-refractivity contribution in [3.63, 3.8) is 0 Å². The van der Waals surface area contributed by atoms with Gasteiger partial charge < -0.3 is 10.1 Å². The summed E-state index contributed by atoms with van der Waals surface area (Å²) >= 11 is 3.26. The van der Waals surface area contributed by atoms with E-state index in [1.54, 1.807) is 4.99 Å². The molecule has 3 nitrogen and oxygen atoms in total. The number of alkyl carbamates (subject to hydrolysis) is 1. The lowest BCUT2D eigenvalue weighted by molar-refractivity contribution is 0.0505. The van der Waals surface area contributed by atoms with Crippen LogP contribution in [-0.2, 0) is 4.74 Å². The minimum atomic E-state index is -0.441. The van der Waals surface area contributed by atoms with E-state index in [4.69, 9.17) is 4.74 Å². The van der Waals surface area contributed by atoms with Gasteiger partial charge in [-0.2, -0.15) is 0 Å². The van der Waals surface area contributed by atoms with Gasteiger partial charge in [0.15, 0.2) is 0 Å². The first-order chi connectivity index (χ1) is 7.90. The van der Waals surface area contributed by atoms with Crippen LogP contribution in [-0.4, -0.2) is 17.7 Å². The second-order valence-electron chi connectivity index (χ2n) is 5.60. The van der Waals surface area contributed by atoms with Crippen LogP contribution >= 0.6 is 15.9 Å². The van der Waals surface area contributed by atoms with Gasteiger partial charge in [-0.25, -0.2) is 4.79 Å². The summed E-state index contributed by atoms with van der Waals surface area (Å²) in [6.07, 6.45) is 6.50. The molecule has 0 aliphatic heterocycles. The second-order valence-corrected chi connectivity index (χ2v) is 6.13.